The molecule has 1 aliphatic heterocycles. The predicted octanol–water partition coefficient (Wildman–Crippen LogP) is 2.49. The molecule has 26 heavy (non-hydrogen) atoms. The Morgan fingerprint density at radius 1 is 1.27 bits per heavy atom. The summed E-state index contributed by atoms with van der Waals surface area (Å²) in [7, 11) is 0. The second kappa shape index (κ2) is 10.1. The number of carbonyl (C=O) groups is 1. The van der Waals surface area contributed by atoms with Gasteiger partial charge in [0.15, 0.2) is 0 Å². The number of nitrogens with zero attached hydrogens (tertiary/aromatic N) is 3. The first-order valence-corrected chi connectivity index (χ1v) is 10.1. The van der Waals surface area contributed by atoms with Crippen LogP contribution in [0.5, 0.6) is 0 Å². The van der Waals surface area contributed by atoms with E-state index in [-0.39, 0.29) is 18.4 Å². The minimum atomic E-state index is 0.00212. The molecule has 0 saturated carbocycles. The van der Waals surface area contributed by atoms with Gasteiger partial charge >= 0.3 is 0 Å². The number of amides is 1. The van der Waals surface area contributed by atoms with Crippen molar-refractivity contribution in [2.45, 2.75) is 59.4 Å². The molecule has 2 heterocycles. The summed E-state index contributed by atoms with van der Waals surface area (Å²) in [6.07, 6.45) is 4.94. The molecule has 0 unspecified atom stereocenters. The Bertz CT molecular complexity index is 560. The monoisotopic (exact) mass is 364 g/mol. The van der Waals surface area contributed by atoms with Crippen molar-refractivity contribution < 1.29 is 9.90 Å². The van der Waals surface area contributed by atoms with Crippen LogP contribution in [0.2, 0.25) is 0 Å². The Labute approximate surface area is 158 Å². The molecule has 0 radical (unpaired) electrons. The van der Waals surface area contributed by atoms with Crippen LogP contribution in [0.15, 0.2) is 6.20 Å². The van der Waals surface area contributed by atoms with Crippen molar-refractivity contribution in [3.63, 3.8) is 0 Å². The predicted molar refractivity (Wildman–Crippen MR) is 104 cm³/mol. The average Bonchev–Trinajstić information content (AvgIpc) is 3.03. The molecule has 2 rings (SSSR count). The van der Waals surface area contributed by atoms with E-state index in [1.807, 2.05) is 4.68 Å². The quantitative estimate of drug-likeness (QED) is 0.706. The Balaban J connectivity index is 1.91. The highest BCUT2D eigenvalue weighted by Crippen LogP contribution is 2.21. The first-order chi connectivity index (χ1) is 12.4. The van der Waals surface area contributed by atoms with E-state index in [2.05, 4.69) is 43.0 Å². The third-order valence-corrected chi connectivity index (χ3v) is 5.26. The summed E-state index contributed by atoms with van der Waals surface area (Å²) in [5.74, 6) is 1.41. The molecule has 0 atom stereocenters. The zero-order valence-corrected chi connectivity index (χ0v) is 16.9. The number of piperidine rings is 1. The van der Waals surface area contributed by atoms with Crippen LogP contribution in [0, 0.1) is 11.8 Å². The van der Waals surface area contributed by atoms with E-state index in [1.165, 1.54) is 0 Å². The topological polar surface area (TPSA) is 70.4 Å². The van der Waals surface area contributed by atoms with Crippen LogP contribution in [-0.4, -0.2) is 58.5 Å². The van der Waals surface area contributed by atoms with Crippen LogP contribution < -0.4 is 5.32 Å². The van der Waals surface area contributed by atoms with E-state index in [0.717, 1.165) is 63.2 Å². The maximum Gasteiger partial charge on any atom is 0.254 e. The Morgan fingerprint density at radius 3 is 2.54 bits per heavy atom. The number of hydrogen-bond donors (Lipinski definition) is 2. The van der Waals surface area contributed by atoms with Gasteiger partial charge in [-0.2, -0.15) is 5.10 Å². The molecule has 1 aliphatic rings. The lowest BCUT2D eigenvalue weighted by molar-refractivity contribution is 0.0931. The van der Waals surface area contributed by atoms with Crippen molar-refractivity contribution in [2.75, 3.05) is 32.8 Å². The van der Waals surface area contributed by atoms with Crippen molar-refractivity contribution in [2.24, 2.45) is 11.8 Å². The van der Waals surface area contributed by atoms with Crippen LogP contribution in [-0.2, 0) is 6.54 Å². The highest BCUT2D eigenvalue weighted by Gasteiger charge is 2.22. The molecule has 1 aromatic rings. The van der Waals surface area contributed by atoms with E-state index in [9.17, 15) is 4.79 Å². The van der Waals surface area contributed by atoms with E-state index in [0.29, 0.717) is 11.8 Å². The van der Waals surface area contributed by atoms with Gasteiger partial charge in [0.2, 0.25) is 0 Å². The van der Waals surface area contributed by atoms with Crippen molar-refractivity contribution in [1.82, 2.24) is 20.0 Å². The summed E-state index contributed by atoms with van der Waals surface area (Å²) in [5, 5.41) is 16.6. The molecule has 148 valence electrons. The number of likely N-dealkylation sites (tertiary alicyclic amines) is 1. The minimum Gasteiger partial charge on any atom is -0.395 e. The third kappa shape index (κ3) is 5.81. The summed E-state index contributed by atoms with van der Waals surface area (Å²) in [6, 6.07) is 0. The van der Waals surface area contributed by atoms with Gasteiger partial charge in [-0.1, -0.05) is 27.7 Å². The lowest BCUT2D eigenvalue weighted by Crippen LogP contribution is -2.39. The molecular formula is C20H36N4O2. The molecule has 0 spiro atoms. The van der Waals surface area contributed by atoms with Crippen LogP contribution in [0.25, 0.3) is 0 Å². The van der Waals surface area contributed by atoms with Crippen molar-refractivity contribution in [3.05, 3.63) is 17.5 Å². The number of aryl methyl sites for hydroxylation is 1. The number of β-amino-alcohol motifs (C(OH)–C–C–N with tert-alkyl or cyclic N) is 1. The number of aliphatic hydroxyl groups excluding tert-OH is 1. The fourth-order valence-corrected chi connectivity index (χ4v) is 3.63. The van der Waals surface area contributed by atoms with Gasteiger partial charge in [0.25, 0.3) is 5.91 Å². The Hall–Kier alpha value is -1.40. The van der Waals surface area contributed by atoms with E-state index in [4.69, 9.17) is 5.11 Å². The van der Waals surface area contributed by atoms with Crippen LogP contribution >= 0.6 is 0 Å². The molecule has 0 aliphatic carbocycles. The van der Waals surface area contributed by atoms with Gasteiger partial charge in [-0.3, -0.25) is 9.48 Å². The first-order valence-electron chi connectivity index (χ1n) is 10.1. The summed E-state index contributed by atoms with van der Waals surface area (Å²) >= 11 is 0. The second-order valence-corrected chi connectivity index (χ2v) is 8.22. The highest BCUT2D eigenvalue weighted by molar-refractivity contribution is 5.95. The zero-order valence-electron chi connectivity index (χ0n) is 16.9. The van der Waals surface area contributed by atoms with Crippen LogP contribution in [0.3, 0.4) is 0 Å². The SMILES string of the molecule is CC(C)CCn1ncc(C(=O)NCC2CCN(CCO)CC2)c1C(C)C. The van der Waals surface area contributed by atoms with Gasteiger partial charge in [0.05, 0.1) is 24.1 Å². The molecule has 6 heteroatoms. The smallest absolute Gasteiger partial charge is 0.254 e. The summed E-state index contributed by atoms with van der Waals surface area (Å²) in [4.78, 5) is 15.0. The molecule has 6 nitrogen and oxygen atoms in total. The summed E-state index contributed by atoms with van der Waals surface area (Å²) in [6.45, 7) is 13.2. The normalized spacial score (nSPS) is 16.6. The molecular weight excluding hydrogens is 328 g/mol. The Morgan fingerprint density at radius 2 is 1.96 bits per heavy atom. The Kier molecular flexibility index (Phi) is 8.10. The summed E-state index contributed by atoms with van der Waals surface area (Å²) < 4.78 is 2.01. The molecule has 2 N–H and O–H groups in total. The molecule has 1 amide bonds. The number of nitrogens with one attached hydrogen (secondary N) is 1. The van der Waals surface area contributed by atoms with Gasteiger partial charge in [0, 0.05) is 19.6 Å². The highest BCUT2D eigenvalue weighted by atomic mass is 16.3. The number of aliphatic hydroxyl groups is 1. The molecule has 0 aromatic carbocycles. The molecule has 1 aromatic heterocycles. The van der Waals surface area contributed by atoms with Crippen molar-refractivity contribution in [1.29, 1.82) is 0 Å². The molecule has 1 fully saturated rings. The van der Waals surface area contributed by atoms with Crippen LogP contribution in [0.1, 0.15) is 68.9 Å². The van der Waals surface area contributed by atoms with Gasteiger partial charge < -0.3 is 15.3 Å². The number of rotatable bonds is 9. The zero-order chi connectivity index (χ0) is 19.1. The van der Waals surface area contributed by atoms with Gasteiger partial charge in [0.1, 0.15) is 0 Å². The lowest BCUT2D eigenvalue weighted by atomic mass is 9.96. The van der Waals surface area contributed by atoms with Crippen molar-refractivity contribution >= 4 is 5.91 Å². The summed E-state index contributed by atoms with van der Waals surface area (Å²) in [5.41, 5.74) is 1.77. The van der Waals surface area contributed by atoms with Gasteiger partial charge in [-0.25, -0.2) is 0 Å². The molecule has 0 bridgehead atoms. The fourth-order valence-electron chi connectivity index (χ4n) is 3.63. The minimum absolute atomic E-state index is 0.00212. The average molecular weight is 365 g/mol. The van der Waals surface area contributed by atoms with Crippen molar-refractivity contribution in [3.8, 4) is 0 Å². The number of hydrogen-bond acceptors (Lipinski definition) is 4. The standard InChI is InChI=1S/C20H36N4O2/c1-15(2)5-10-24-19(16(3)4)18(14-22-24)20(26)21-13-17-6-8-23(9-7-17)11-12-25/h14-17,25H,5-13H2,1-4H3,(H,21,26). The lowest BCUT2D eigenvalue weighted by Gasteiger charge is -2.31. The van der Waals surface area contributed by atoms with E-state index >= 15 is 0 Å². The van der Waals surface area contributed by atoms with E-state index in [1.54, 1.807) is 6.20 Å². The van der Waals surface area contributed by atoms with Gasteiger partial charge in [-0.15, -0.1) is 0 Å². The third-order valence-electron chi connectivity index (χ3n) is 5.26. The number of aromatic nitrogens is 2. The first kappa shape index (κ1) is 20.9. The molecule has 1 saturated heterocycles. The van der Waals surface area contributed by atoms with Gasteiger partial charge in [-0.05, 0) is 50.1 Å². The second-order valence-electron chi connectivity index (χ2n) is 8.22. The number of carbonyl (C=O) groups excluding carboxylic acids is 1. The maximum atomic E-state index is 12.7. The maximum absolute atomic E-state index is 12.7. The fraction of sp³-hybridized carbons (Fsp3) is 0.800. The van der Waals surface area contributed by atoms with Crippen LogP contribution in [0.4, 0.5) is 0 Å². The van der Waals surface area contributed by atoms with E-state index < -0.39 is 0 Å². The largest absolute Gasteiger partial charge is 0.395 e.